The lowest BCUT2D eigenvalue weighted by atomic mass is 10.0. The minimum absolute atomic E-state index is 0.0422. The fourth-order valence-electron chi connectivity index (χ4n) is 4.78. The summed E-state index contributed by atoms with van der Waals surface area (Å²) in [5.74, 6) is -0.550. The number of nitrogens with zero attached hydrogens (tertiary/aromatic N) is 2. The van der Waals surface area contributed by atoms with E-state index in [9.17, 15) is 24.3 Å². The fraction of sp³-hybridized carbons (Fsp3) is 0.581. The Kier molecular flexibility index (Phi) is 14.3. The monoisotopic (exact) mass is 603 g/mol. The molecule has 2 heterocycles. The molecule has 1 aromatic heterocycles. The molecule has 1 amide bonds. The van der Waals surface area contributed by atoms with Crippen LogP contribution < -0.4 is 11.0 Å². The molecular weight excluding hydrogens is 561 g/mol. The number of benzene rings is 1. The average Bonchev–Trinajstić information content (AvgIpc) is 3.29. The van der Waals surface area contributed by atoms with E-state index < -0.39 is 49.0 Å². The molecule has 11 nitrogen and oxygen atoms in total. The number of anilines is 1. The molecular formula is C31H42FN3O8. The Balaban J connectivity index is 1.40. The molecule has 236 valence electrons. The summed E-state index contributed by atoms with van der Waals surface area (Å²) in [6.45, 7) is 1.68. The summed E-state index contributed by atoms with van der Waals surface area (Å²) in [5.41, 5.74) is 0.0839. The number of unbranched alkanes of at least 4 members (excludes halogenated alkanes) is 6. The molecule has 0 spiro atoms. The van der Waals surface area contributed by atoms with Gasteiger partial charge in [-0.1, -0.05) is 69.4 Å². The number of aliphatic hydroxyl groups excluding tert-OH is 1. The van der Waals surface area contributed by atoms with Crippen molar-refractivity contribution in [1.82, 2.24) is 9.55 Å². The van der Waals surface area contributed by atoms with Crippen LogP contribution in [0.5, 0.6) is 0 Å². The lowest BCUT2D eigenvalue weighted by Gasteiger charge is -2.18. The van der Waals surface area contributed by atoms with Crippen LogP contribution >= 0.6 is 0 Å². The molecule has 1 aliphatic rings. The summed E-state index contributed by atoms with van der Waals surface area (Å²) >= 11 is 0. The van der Waals surface area contributed by atoms with Gasteiger partial charge < -0.3 is 19.3 Å². The van der Waals surface area contributed by atoms with E-state index in [0.29, 0.717) is 25.7 Å². The third-order valence-corrected chi connectivity index (χ3v) is 7.11. The summed E-state index contributed by atoms with van der Waals surface area (Å²) in [5, 5.41) is 12.1. The molecule has 1 unspecified atom stereocenters. The van der Waals surface area contributed by atoms with Crippen molar-refractivity contribution >= 4 is 23.7 Å². The second-order valence-corrected chi connectivity index (χ2v) is 10.6. The van der Waals surface area contributed by atoms with Crippen molar-refractivity contribution < 1.29 is 38.1 Å². The Hall–Kier alpha value is -3.64. The highest BCUT2D eigenvalue weighted by Gasteiger charge is 2.48. The highest BCUT2D eigenvalue weighted by molar-refractivity contribution is 5.83. The van der Waals surface area contributed by atoms with Gasteiger partial charge in [0.2, 0.25) is 0 Å². The number of carbonyl (C=O) groups is 3. The Morgan fingerprint density at radius 1 is 1.02 bits per heavy atom. The van der Waals surface area contributed by atoms with E-state index in [4.69, 9.17) is 14.2 Å². The number of Topliss-reactive ketones (excluding diaryl/α,β-unsaturated/α-hetero) is 1. The van der Waals surface area contributed by atoms with Gasteiger partial charge in [0.25, 0.3) is 0 Å². The number of ether oxygens (including phenoxy) is 3. The number of alkyl halides is 1. The molecule has 2 aromatic rings. The number of rotatable bonds is 18. The van der Waals surface area contributed by atoms with Gasteiger partial charge >= 0.3 is 17.8 Å². The molecule has 0 radical (unpaired) electrons. The third kappa shape index (κ3) is 11.2. The van der Waals surface area contributed by atoms with Crippen molar-refractivity contribution in [2.24, 2.45) is 0 Å². The predicted octanol–water partition coefficient (Wildman–Crippen LogP) is 4.66. The van der Waals surface area contributed by atoms with Crippen molar-refractivity contribution in [3.63, 3.8) is 0 Å². The standard InChI is InChI=1S/C31H42FN3O8/c1-2-3-4-12-19-41-31(40)34-25-17-18-35(30(39)33-25)29-27(32)28(24(21-36)42-29)43-26(38)16-11-6-5-10-15-23(37)20-22-13-8-7-9-14-22/h7-9,13-14,17-18,24,27-29,36H,2-6,10-12,15-16,19-21H2,1H3,(H,33,34,39,40)/t24-,27?,28-,29-/m1/s1. The summed E-state index contributed by atoms with van der Waals surface area (Å²) in [4.78, 5) is 52.8. The first-order valence-corrected chi connectivity index (χ1v) is 15.0. The van der Waals surface area contributed by atoms with Crippen molar-refractivity contribution in [2.45, 2.75) is 102 Å². The number of hydrogen-bond acceptors (Lipinski definition) is 9. The Morgan fingerprint density at radius 3 is 2.44 bits per heavy atom. The van der Waals surface area contributed by atoms with Crippen LogP contribution in [0, 0.1) is 0 Å². The van der Waals surface area contributed by atoms with E-state index in [1.807, 2.05) is 30.3 Å². The van der Waals surface area contributed by atoms with Crippen LogP contribution in [0.2, 0.25) is 0 Å². The molecule has 1 saturated heterocycles. The molecule has 1 fully saturated rings. The zero-order chi connectivity index (χ0) is 31.0. The van der Waals surface area contributed by atoms with E-state index in [1.54, 1.807) is 0 Å². The smallest absolute Gasteiger partial charge is 0.412 e. The molecule has 2 N–H and O–H groups in total. The number of nitrogens with one attached hydrogen (secondary N) is 1. The number of aromatic nitrogens is 2. The fourth-order valence-corrected chi connectivity index (χ4v) is 4.78. The summed E-state index contributed by atoms with van der Waals surface area (Å²) in [6, 6.07) is 10.8. The van der Waals surface area contributed by atoms with E-state index in [2.05, 4.69) is 17.2 Å². The van der Waals surface area contributed by atoms with Gasteiger partial charge in [-0.25, -0.2) is 14.0 Å². The van der Waals surface area contributed by atoms with Gasteiger partial charge in [-0.05, 0) is 30.9 Å². The SMILES string of the molecule is CCCCCCOC(=O)Nc1ccn([C@@H]2O[C@H](CO)[C@@H](OC(=O)CCCCCCC(=O)Cc3ccccc3)C2F)c(=O)n1. The van der Waals surface area contributed by atoms with Crippen molar-refractivity contribution in [2.75, 3.05) is 18.5 Å². The lowest BCUT2D eigenvalue weighted by molar-refractivity contribution is -0.155. The maximum atomic E-state index is 15.4. The average molecular weight is 604 g/mol. The maximum Gasteiger partial charge on any atom is 0.412 e. The van der Waals surface area contributed by atoms with Gasteiger partial charge in [-0.15, -0.1) is 0 Å². The summed E-state index contributed by atoms with van der Waals surface area (Å²) in [7, 11) is 0. The van der Waals surface area contributed by atoms with Crippen LogP contribution in [0.1, 0.15) is 82.9 Å². The molecule has 0 aliphatic carbocycles. The molecule has 0 bridgehead atoms. The quantitative estimate of drug-likeness (QED) is 0.183. The third-order valence-electron chi connectivity index (χ3n) is 7.11. The Morgan fingerprint density at radius 2 is 1.74 bits per heavy atom. The van der Waals surface area contributed by atoms with Gasteiger partial charge in [0.15, 0.2) is 18.5 Å². The van der Waals surface area contributed by atoms with Gasteiger partial charge in [0.1, 0.15) is 17.7 Å². The largest absolute Gasteiger partial charge is 0.456 e. The molecule has 1 aromatic carbocycles. The summed E-state index contributed by atoms with van der Waals surface area (Å²) < 4.78 is 32.1. The van der Waals surface area contributed by atoms with Gasteiger partial charge in [-0.3, -0.25) is 19.5 Å². The minimum atomic E-state index is -1.94. The van der Waals surface area contributed by atoms with Crippen LogP contribution in [0.15, 0.2) is 47.4 Å². The van der Waals surface area contributed by atoms with E-state index in [1.165, 1.54) is 12.3 Å². The zero-order valence-electron chi connectivity index (χ0n) is 24.6. The van der Waals surface area contributed by atoms with Gasteiger partial charge in [-0.2, -0.15) is 4.98 Å². The number of aliphatic hydroxyl groups is 1. The minimum Gasteiger partial charge on any atom is -0.456 e. The first-order chi connectivity index (χ1) is 20.8. The van der Waals surface area contributed by atoms with Crippen molar-refractivity contribution in [3.05, 3.63) is 58.6 Å². The van der Waals surface area contributed by atoms with E-state index in [0.717, 1.165) is 48.7 Å². The van der Waals surface area contributed by atoms with Crippen LogP contribution in [0.3, 0.4) is 0 Å². The zero-order valence-corrected chi connectivity index (χ0v) is 24.6. The molecule has 12 heteroatoms. The van der Waals surface area contributed by atoms with Crippen molar-refractivity contribution in [1.29, 1.82) is 0 Å². The molecule has 3 rings (SSSR count). The number of amides is 1. The van der Waals surface area contributed by atoms with E-state index in [-0.39, 0.29) is 24.6 Å². The van der Waals surface area contributed by atoms with Crippen LogP contribution in [-0.4, -0.2) is 64.1 Å². The number of esters is 1. The highest BCUT2D eigenvalue weighted by Crippen LogP contribution is 2.33. The van der Waals surface area contributed by atoms with E-state index >= 15 is 4.39 Å². The maximum absolute atomic E-state index is 15.4. The summed E-state index contributed by atoms with van der Waals surface area (Å²) in [6.07, 6.45) is 1.80. The second-order valence-electron chi connectivity index (χ2n) is 10.6. The molecule has 4 atom stereocenters. The van der Waals surface area contributed by atoms with Crippen LogP contribution in [0.4, 0.5) is 15.0 Å². The number of hydrogen-bond donors (Lipinski definition) is 2. The number of carbonyl (C=O) groups excluding carboxylic acids is 3. The highest BCUT2D eigenvalue weighted by atomic mass is 19.1. The predicted molar refractivity (Wildman–Crippen MR) is 156 cm³/mol. The Labute approximate surface area is 250 Å². The normalized spacial score (nSPS) is 19.6. The number of halogens is 1. The molecule has 1 aliphatic heterocycles. The topological polar surface area (TPSA) is 146 Å². The first kappa shape index (κ1) is 33.9. The van der Waals surface area contributed by atoms with Crippen LogP contribution in [0.25, 0.3) is 0 Å². The second kappa shape index (κ2) is 18.1. The lowest BCUT2D eigenvalue weighted by Crippen LogP contribution is -2.37. The Bertz CT molecular complexity index is 1230. The molecule has 43 heavy (non-hydrogen) atoms. The molecule has 0 saturated carbocycles. The van der Waals surface area contributed by atoms with Gasteiger partial charge in [0, 0.05) is 25.5 Å². The van der Waals surface area contributed by atoms with Crippen LogP contribution in [-0.2, 0) is 30.2 Å². The number of ketones is 1. The van der Waals surface area contributed by atoms with Crippen molar-refractivity contribution in [3.8, 4) is 0 Å². The van der Waals surface area contributed by atoms with Gasteiger partial charge in [0.05, 0.1) is 13.2 Å². The first-order valence-electron chi connectivity index (χ1n) is 15.0.